The Hall–Kier alpha value is -2.86. The maximum Gasteiger partial charge on any atom is 0.161 e. The fourth-order valence-corrected chi connectivity index (χ4v) is 2.61. The van der Waals surface area contributed by atoms with E-state index in [4.69, 9.17) is 11.6 Å². The highest BCUT2D eigenvalue weighted by atomic mass is 35.5. The van der Waals surface area contributed by atoms with Gasteiger partial charge in [0.05, 0.1) is 16.7 Å². The molecule has 4 rings (SSSR count). The maximum absolute atomic E-state index is 13.3. The van der Waals surface area contributed by atoms with Gasteiger partial charge in [0.25, 0.3) is 0 Å². The van der Waals surface area contributed by atoms with E-state index in [9.17, 15) is 8.78 Å². The minimum Gasteiger partial charge on any atom is -0.337 e. The normalized spacial score (nSPS) is 11.1. The molecule has 2 aromatic heterocycles. The van der Waals surface area contributed by atoms with E-state index in [0.29, 0.717) is 33.3 Å². The van der Waals surface area contributed by atoms with Gasteiger partial charge in [0, 0.05) is 22.7 Å². The molecule has 0 aliphatic carbocycles. The van der Waals surface area contributed by atoms with Crippen LogP contribution in [-0.2, 0) is 0 Å². The Morgan fingerprint density at radius 2 is 1.71 bits per heavy atom. The summed E-state index contributed by atoms with van der Waals surface area (Å²) in [6, 6.07) is 11.1. The van der Waals surface area contributed by atoms with Gasteiger partial charge in [0.1, 0.15) is 12.0 Å². The van der Waals surface area contributed by atoms with Crippen LogP contribution >= 0.6 is 11.6 Å². The summed E-state index contributed by atoms with van der Waals surface area (Å²) < 4.78 is 26.6. The molecule has 0 atom stereocenters. The Morgan fingerprint density at radius 1 is 0.917 bits per heavy atom. The van der Waals surface area contributed by atoms with E-state index in [1.165, 1.54) is 6.33 Å². The van der Waals surface area contributed by atoms with Crippen molar-refractivity contribution in [2.24, 2.45) is 0 Å². The van der Waals surface area contributed by atoms with Crippen molar-refractivity contribution in [3.63, 3.8) is 0 Å². The molecule has 0 spiro atoms. The molecule has 0 radical (unpaired) electrons. The molecular weight excluding hydrogens is 334 g/mol. The second-order valence-corrected chi connectivity index (χ2v) is 5.60. The number of hydrogen-bond donors (Lipinski definition) is 1. The molecule has 1 N–H and O–H groups in total. The number of fused-ring (bicyclic) bond motifs is 1. The molecule has 0 saturated carbocycles. The highest BCUT2D eigenvalue weighted by Gasteiger charge is 2.12. The number of H-pyrrole nitrogens is 1. The number of imidazole rings is 1. The second kappa shape index (κ2) is 5.65. The third-order valence-corrected chi connectivity index (χ3v) is 3.79. The molecule has 118 valence electrons. The van der Waals surface area contributed by atoms with E-state index in [2.05, 4.69) is 19.9 Å². The zero-order valence-corrected chi connectivity index (χ0v) is 12.9. The lowest BCUT2D eigenvalue weighted by atomic mass is 10.1. The van der Waals surface area contributed by atoms with E-state index >= 15 is 0 Å². The Bertz CT molecular complexity index is 1020. The molecule has 2 heterocycles. The molecule has 0 unspecified atom stereocenters. The number of nitrogens with one attached hydrogen (secondary N) is 1. The molecule has 0 aliphatic heterocycles. The van der Waals surface area contributed by atoms with Crippen molar-refractivity contribution in [2.75, 3.05) is 0 Å². The van der Waals surface area contributed by atoms with Crippen LogP contribution in [0.3, 0.4) is 0 Å². The van der Waals surface area contributed by atoms with E-state index in [1.807, 2.05) is 12.1 Å². The summed E-state index contributed by atoms with van der Waals surface area (Å²) in [6.45, 7) is 0. The molecule has 7 heteroatoms. The number of hydrogen-bond acceptors (Lipinski definition) is 3. The minimum absolute atomic E-state index is 0.326. The monoisotopic (exact) mass is 342 g/mol. The standard InChI is InChI=1S/C17H9ClF2N4/c18-10-3-1-2-9(4-10)13-7-16(22-8-21-13)17-23-14-5-11(19)12(20)6-15(14)24-17/h1-8H,(H,23,24). The second-order valence-electron chi connectivity index (χ2n) is 5.17. The van der Waals surface area contributed by atoms with Crippen LogP contribution in [-0.4, -0.2) is 19.9 Å². The molecule has 4 aromatic rings. The van der Waals surface area contributed by atoms with Gasteiger partial charge in [-0.3, -0.25) is 0 Å². The van der Waals surface area contributed by atoms with Crippen LogP contribution in [0.25, 0.3) is 33.8 Å². The van der Waals surface area contributed by atoms with Crippen molar-refractivity contribution in [2.45, 2.75) is 0 Å². The minimum atomic E-state index is -0.942. The van der Waals surface area contributed by atoms with Crippen molar-refractivity contribution < 1.29 is 8.78 Å². The number of nitrogens with zero attached hydrogens (tertiary/aromatic N) is 3. The van der Waals surface area contributed by atoms with Gasteiger partial charge in [0.15, 0.2) is 17.5 Å². The lowest BCUT2D eigenvalue weighted by molar-refractivity contribution is 0.510. The maximum atomic E-state index is 13.3. The average Bonchev–Trinajstić information content (AvgIpc) is 2.98. The largest absolute Gasteiger partial charge is 0.337 e. The van der Waals surface area contributed by atoms with E-state index in [0.717, 1.165) is 17.7 Å². The molecule has 0 amide bonds. The van der Waals surface area contributed by atoms with Crippen molar-refractivity contribution in [3.8, 4) is 22.8 Å². The average molecular weight is 343 g/mol. The summed E-state index contributed by atoms with van der Waals surface area (Å²) in [5.41, 5.74) is 2.73. The Morgan fingerprint density at radius 3 is 2.54 bits per heavy atom. The van der Waals surface area contributed by atoms with Crippen molar-refractivity contribution in [1.29, 1.82) is 0 Å². The molecule has 0 fully saturated rings. The van der Waals surface area contributed by atoms with Crippen LogP contribution in [0.5, 0.6) is 0 Å². The SMILES string of the molecule is Fc1cc2nc(-c3cc(-c4cccc(Cl)c4)ncn3)[nH]c2cc1F. The van der Waals surface area contributed by atoms with Crippen LogP contribution in [0.2, 0.25) is 5.02 Å². The summed E-state index contributed by atoms with van der Waals surface area (Å²) in [6.07, 6.45) is 1.40. The Kier molecular flexibility index (Phi) is 3.46. The summed E-state index contributed by atoms with van der Waals surface area (Å²) in [5.74, 6) is -1.47. The molecule has 0 saturated heterocycles. The highest BCUT2D eigenvalue weighted by molar-refractivity contribution is 6.30. The van der Waals surface area contributed by atoms with Gasteiger partial charge in [-0.15, -0.1) is 0 Å². The summed E-state index contributed by atoms with van der Waals surface area (Å²) >= 11 is 6.00. The number of aromatic amines is 1. The van der Waals surface area contributed by atoms with Crippen molar-refractivity contribution in [1.82, 2.24) is 19.9 Å². The lowest BCUT2D eigenvalue weighted by Gasteiger charge is -2.02. The van der Waals surface area contributed by atoms with E-state index < -0.39 is 11.6 Å². The fraction of sp³-hybridized carbons (Fsp3) is 0. The van der Waals surface area contributed by atoms with Gasteiger partial charge in [-0.2, -0.15) is 0 Å². The van der Waals surface area contributed by atoms with Gasteiger partial charge in [-0.1, -0.05) is 23.7 Å². The Labute approximate surface area is 140 Å². The van der Waals surface area contributed by atoms with Gasteiger partial charge >= 0.3 is 0 Å². The van der Waals surface area contributed by atoms with Crippen LogP contribution in [0.1, 0.15) is 0 Å². The van der Waals surface area contributed by atoms with Crippen LogP contribution in [0, 0.1) is 11.6 Å². The van der Waals surface area contributed by atoms with Crippen molar-refractivity contribution >= 4 is 22.6 Å². The molecule has 24 heavy (non-hydrogen) atoms. The third-order valence-electron chi connectivity index (χ3n) is 3.55. The van der Waals surface area contributed by atoms with Gasteiger partial charge in [-0.05, 0) is 18.2 Å². The molecule has 4 nitrogen and oxygen atoms in total. The van der Waals surface area contributed by atoms with Crippen LogP contribution in [0.15, 0.2) is 48.8 Å². The number of halogens is 3. The summed E-state index contributed by atoms with van der Waals surface area (Å²) in [5, 5.41) is 0.599. The quantitative estimate of drug-likeness (QED) is 0.578. The van der Waals surface area contributed by atoms with Gasteiger partial charge < -0.3 is 4.98 Å². The van der Waals surface area contributed by atoms with E-state index in [1.54, 1.807) is 18.2 Å². The summed E-state index contributed by atoms with van der Waals surface area (Å²) in [4.78, 5) is 15.6. The lowest BCUT2D eigenvalue weighted by Crippen LogP contribution is -1.90. The topological polar surface area (TPSA) is 54.5 Å². The smallest absolute Gasteiger partial charge is 0.161 e. The first-order valence-electron chi connectivity index (χ1n) is 7.03. The number of rotatable bonds is 2. The fourth-order valence-electron chi connectivity index (χ4n) is 2.42. The van der Waals surface area contributed by atoms with Crippen LogP contribution in [0.4, 0.5) is 8.78 Å². The predicted molar refractivity (Wildman–Crippen MR) is 87.5 cm³/mol. The molecule has 0 bridgehead atoms. The third kappa shape index (κ3) is 2.61. The van der Waals surface area contributed by atoms with Gasteiger partial charge in [-0.25, -0.2) is 23.7 Å². The Balaban J connectivity index is 1.81. The number of aromatic nitrogens is 4. The molecular formula is C17H9ClF2N4. The van der Waals surface area contributed by atoms with Crippen LogP contribution < -0.4 is 0 Å². The van der Waals surface area contributed by atoms with Crippen molar-refractivity contribution in [3.05, 3.63) is 65.4 Å². The number of benzene rings is 2. The molecule has 0 aliphatic rings. The zero-order valence-electron chi connectivity index (χ0n) is 12.1. The predicted octanol–water partition coefficient (Wildman–Crippen LogP) is 4.62. The zero-order chi connectivity index (χ0) is 16.7. The molecule has 2 aromatic carbocycles. The first-order valence-corrected chi connectivity index (χ1v) is 7.41. The first-order chi connectivity index (χ1) is 11.6. The first kappa shape index (κ1) is 14.7. The summed E-state index contributed by atoms with van der Waals surface area (Å²) in [7, 11) is 0. The highest BCUT2D eigenvalue weighted by Crippen LogP contribution is 2.25. The van der Waals surface area contributed by atoms with Gasteiger partial charge in [0.2, 0.25) is 0 Å². The van der Waals surface area contributed by atoms with E-state index in [-0.39, 0.29) is 0 Å².